The van der Waals surface area contributed by atoms with E-state index in [1.807, 2.05) is 0 Å². The molecule has 1 aliphatic carbocycles. The van der Waals surface area contributed by atoms with Gasteiger partial charge in [0.15, 0.2) is 5.75 Å². The zero-order chi connectivity index (χ0) is 43.2. The van der Waals surface area contributed by atoms with Crippen molar-refractivity contribution >= 4 is 91.3 Å². The molecule has 3 N–H and O–H groups in total. The maximum atomic E-state index is 13.3. The van der Waals surface area contributed by atoms with Crippen LogP contribution in [0.2, 0.25) is 0 Å². The van der Waals surface area contributed by atoms with Gasteiger partial charge in [-0.1, -0.05) is 18.2 Å². The Hall–Kier alpha value is -2.84. The van der Waals surface area contributed by atoms with Crippen LogP contribution in [-0.2, 0) is 52.1 Å². The van der Waals surface area contributed by atoms with Crippen LogP contribution < -0.4 is 128 Å². The van der Waals surface area contributed by atoms with Crippen LogP contribution in [0.15, 0.2) is 122 Å². The van der Waals surface area contributed by atoms with Crippen LogP contribution in [0.3, 0.4) is 0 Å². The molecule has 5 aromatic carbocycles. The van der Waals surface area contributed by atoms with Crippen molar-refractivity contribution in [2.45, 2.75) is 9.79 Å². The Morgan fingerprint density at radius 2 is 1.32 bits per heavy atom. The minimum atomic E-state index is -5.12. The molecule has 6 rings (SSSR count). The third kappa shape index (κ3) is 19.5. The van der Waals surface area contributed by atoms with Crippen LogP contribution in [0.1, 0.15) is 11.1 Å². The topological polar surface area (TPSA) is 347 Å². The Bertz CT molecular complexity index is 2970. The largest absolute Gasteiger partial charge is 1.00 e. The van der Waals surface area contributed by atoms with Crippen molar-refractivity contribution < 1.29 is 187 Å². The number of aromatic hydroxyl groups is 1. The zero-order valence-electron chi connectivity index (χ0n) is 32.2. The van der Waals surface area contributed by atoms with Gasteiger partial charge in [-0.3, -0.25) is 11.5 Å². The standard InChI is InChI=1S/C32H20N5O7S2.4Na.3O3S/c33-32-27(15-14-20-8-7-13-28(38)30(20)32)37-36-26-17-16-25(35-34-21-9-3-1-4-10-21)24-18-23(45(39,40)41)19-29(31(24)26)44-46(42,43)22-11-5-2-6-12-22;;;;;3*1-4(2)3/h1-6,8-9,11-13,15-19,33,36,38H,(H,39,40,41);;;;;;;/q-3;4*+1;;;/p-1. The van der Waals surface area contributed by atoms with Crippen molar-refractivity contribution in [2.24, 2.45) is 15.3 Å². The maximum absolute atomic E-state index is 13.3. The van der Waals surface area contributed by atoms with E-state index in [9.17, 15) is 26.5 Å². The summed E-state index contributed by atoms with van der Waals surface area (Å²) < 4.78 is 145. The molecule has 0 aliphatic heterocycles. The number of hydrazone groups is 1. The summed E-state index contributed by atoms with van der Waals surface area (Å²) >= 11 is 0. The van der Waals surface area contributed by atoms with Gasteiger partial charge in [-0.2, -0.15) is 54.5 Å². The first-order valence-electron chi connectivity index (χ1n) is 14.7. The van der Waals surface area contributed by atoms with Crippen molar-refractivity contribution in [1.82, 2.24) is 0 Å². The van der Waals surface area contributed by atoms with Crippen molar-refractivity contribution in [3.05, 3.63) is 126 Å². The third-order valence-electron chi connectivity index (χ3n) is 6.65. The number of nitrogens with zero attached hydrogens (tertiary/aromatic N) is 3. The summed E-state index contributed by atoms with van der Waals surface area (Å²) in [6.07, 6.45) is 4.33. The van der Waals surface area contributed by atoms with Gasteiger partial charge >= 0.3 is 160 Å². The molecule has 0 bridgehead atoms. The number of fused-ring (bicyclic) bond motifs is 2. The minimum absolute atomic E-state index is 0. The molecule has 0 fully saturated rings. The molecule has 0 saturated carbocycles. The van der Waals surface area contributed by atoms with Gasteiger partial charge in [-0.25, -0.2) is 31.2 Å². The summed E-state index contributed by atoms with van der Waals surface area (Å²) in [5.74, 6) is -0.707. The van der Waals surface area contributed by atoms with E-state index in [0.29, 0.717) is 11.3 Å². The van der Waals surface area contributed by atoms with Gasteiger partial charge in [-0.15, -0.1) is 50.0 Å². The van der Waals surface area contributed by atoms with E-state index >= 15 is 0 Å². The minimum Gasteiger partial charge on any atom is -0.744 e. The van der Waals surface area contributed by atoms with Gasteiger partial charge in [0.2, 0.25) is 0 Å². The number of hydrogen-bond acceptors (Lipinski definition) is 21. The van der Waals surface area contributed by atoms with E-state index in [1.165, 1.54) is 48.5 Å². The van der Waals surface area contributed by atoms with Crippen LogP contribution in [0.4, 0.5) is 17.1 Å². The first-order chi connectivity index (χ1) is 27.2. The first kappa shape index (κ1) is 61.2. The Labute approximate surface area is 445 Å². The number of benzene rings is 5. The molecular formula is C32H19N5Na4O16S5. The first-order valence-corrected chi connectivity index (χ1v) is 20.5. The van der Waals surface area contributed by atoms with Crippen LogP contribution >= 0.6 is 0 Å². The second-order valence-corrected chi connectivity index (χ2v) is 14.4. The number of rotatable bonds is 8. The SMILES string of the molecule is N=C1C(=NNc2ccc(N=Nc3[c-]cccc3)c3cc(S(=O)(=O)[O-])cc(OS(=O)(=O)c4ccccc4)c23)C=[C-]c2c[c-]cc(O)c21.O=S(=O)=O.O=S(=O)=O.O=S(=O)=O.[Na+].[Na+].[Na+].[Na+]. The Kier molecular flexibility index (Phi) is 28.5. The van der Waals surface area contributed by atoms with E-state index in [4.69, 9.17) is 47.5 Å². The molecular weight excluding hydrogens is 963 g/mol. The molecule has 0 atom stereocenters. The second-order valence-electron chi connectivity index (χ2n) is 10.2. The van der Waals surface area contributed by atoms with Crippen molar-refractivity contribution in [1.29, 1.82) is 5.41 Å². The van der Waals surface area contributed by atoms with Gasteiger partial charge in [0.25, 0.3) is 0 Å². The van der Waals surface area contributed by atoms with Gasteiger partial charge in [0.1, 0.15) is 15.0 Å². The molecule has 5 aromatic rings. The zero-order valence-corrected chi connectivity index (χ0v) is 44.3. The van der Waals surface area contributed by atoms with E-state index in [2.05, 4.69) is 39.0 Å². The molecule has 21 nitrogen and oxygen atoms in total. The monoisotopic (exact) mass is 981 g/mol. The number of hydrogen-bond donors (Lipinski definition) is 3. The molecule has 62 heavy (non-hydrogen) atoms. The molecule has 30 heteroatoms. The summed E-state index contributed by atoms with van der Waals surface area (Å²) in [4.78, 5) is -1.00. The van der Waals surface area contributed by atoms with Gasteiger partial charge in [-0.05, 0) is 47.5 Å². The fourth-order valence-corrected chi connectivity index (χ4v) is 5.99. The quantitative estimate of drug-likeness (QED) is 0.0325. The Balaban J connectivity index is 0. The van der Waals surface area contributed by atoms with Gasteiger partial charge in [0, 0.05) is 17.2 Å². The molecule has 0 unspecified atom stereocenters. The van der Waals surface area contributed by atoms with Crippen LogP contribution in [0.25, 0.3) is 10.8 Å². The Morgan fingerprint density at radius 1 is 0.742 bits per heavy atom. The van der Waals surface area contributed by atoms with Gasteiger partial charge < -0.3 is 19.3 Å². The van der Waals surface area contributed by atoms with Crippen LogP contribution in [0, 0.1) is 23.6 Å². The number of azo groups is 1. The third-order valence-corrected chi connectivity index (χ3v) is 8.71. The molecule has 302 valence electrons. The molecule has 0 amide bonds. The molecule has 0 heterocycles. The van der Waals surface area contributed by atoms with Crippen molar-refractivity contribution in [2.75, 3.05) is 5.43 Å². The number of phenolic OH excluding ortho intramolecular Hbond substituents is 1. The van der Waals surface area contributed by atoms with E-state index in [-0.39, 0.29) is 168 Å². The van der Waals surface area contributed by atoms with Crippen molar-refractivity contribution in [3.63, 3.8) is 0 Å². The molecule has 0 spiro atoms. The average molecular weight is 982 g/mol. The summed E-state index contributed by atoms with van der Waals surface area (Å²) in [5, 5.41) is 31.4. The molecule has 0 saturated heterocycles. The van der Waals surface area contributed by atoms with E-state index in [0.717, 1.165) is 12.1 Å². The summed E-state index contributed by atoms with van der Waals surface area (Å²) in [6.45, 7) is 0. The molecule has 0 aromatic heterocycles. The summed E-state index contributed by atoms with van der Waals surface area (Å²) in [7, 11) is -19.0. The number of allylic oxidation sites excluding steroid dienone is 1. The summed E-state index contributed by atoms with van der Waals surface area (Å²) in [5.41, 5.74) is 3.82. The fourth-order valence-electron chi connectivity index (χ4n) is 4.52. The van der Waals surface area contributed by atoms with E-state index in [1.54, 1.807) is 36.4 Å². The maximum Gasteiger partial charge on any atom is 1.00 e. The predicted molar refractivity (Wildman–Crippen MR) is 196 cm³/mol. The smallest absolute Gasteiger partial charge is 0.744 e. The van der Waals surface area contributed by atoms with E-state index < -0.39 is 62.7 Å². The summed E-state index contributed by atoms with van der Waals surface area (Å²) in [6, 6.07) is 27.0. The van der Waals surface area contributed by atoms with Crippen molar-refractivity contribution in [3.8, 4) is 11.5 Å². The van der Waals surface area contributed by atoms with Gasteiger partial charge in [0.05, 0.1) is 21.7 Å². The number of nitrogens with one attached hydrogen (secondary N) is 2. The van der Waals surface area contributed by atoms with Crippen LogP contribution in [-0.4, -0.2) is 75.8 Å². The number of phenols is 1. The molecule has 1 aliphatic rings. The Morgan fingerprint density at radius 3 is 1.87 bits per heavy atom. The molecule has 0 radical (unpaired) electrons. The predicted octanol–water partition coefficient (Wildman–Crippen LogP) is -9.21. The number of anilines is 1. The normalized spacial score (nSPS) is 11.6. The van der Waals surface area contributed by atoms with Crippen LogP contribution in [0.5, 0.6) is 11.5 Å². The second kappa shape index (κ2) is 28.8. The average Bonchev–Trinajstić information content (AvgIpc) is 3.13. The fraction of sp³-hybridized carbons (Fsp3) is 0.